The minimum absolute atomic E-state index is 0. The zero-order valence-electron chi connectivity index (χ0n) is 15.3. The molecule has 0 unspecified atom stereocenters. The first kappa shape index (κ1) is 23.9. The van der Waals surface area contributed by atoms with E-state index in [2.05, 4.69) is 39.1 Å². The van der Waals surface area contributed by atoms with E-state index in [1.807, 2.05) is 6.92 Å². The van der Waals surface area contributed by atoms with E-state index in [0.717, 1.165) is 38.4 Å². The second-order valence-electron chi connectivity index (χ2n) is 6.11. The first-order chi connectivity index (χ1) is 10.9. The largest absolute Gasteiger partial charge is 0.357 e. The van der Waals surface area contributed by atoms with Gasteiger partial charge in [-0.2, -0.15) is 0 Å². The summed E-state index contributed by atoms with van der Waals surface area (Å²) in [6.07, 6.45) is 2.20. The van der Waals surface area contributed by atoms with E-state index in [4.69, 9.17) is 0 Å². The number of nitrogens with zero attached hydrogens (tertiary/aromatic N) is 2. The lowest BCUT2D eigenvalue weighted by Crippen LogP contribution is -2.50. The summed E-state index contributed by atoms with van der Waals surface area (Å²) < 4.78 is 25.3. The van der Waals surface area contributed by atoms with Gasteiger partial charge in [0, 0.05) is 38.3 Å². The standard InChI is InChI=1S/C15H33N5O2S.HI/c1-5-16-15(17-9-10-18-23(21,22)6-2)19-14-7-11-20(12-8-14)13(3)4;/h13-14,18H,5-12H2,1-4H3,(H2,16,17,19);1H. The van der Waals surface area contributed by atoms with Crippen LogP contribution in [0.25, 0.3) is 0 Å². The van der Waals surface area contributed by atoms with Crippen LogP contribution in [0.5, 0.6) is 0 Å². The molecule has 0 bridgehead atoms. The first-order valence-corrected chi connectivity index (χ1v) is 10.3. The number of hydrogen-bond donors (Lipinski definition) is 3. The molecule has 24 heavy (non-hydrogen) atoms. The topological polar surface area (TPSA) is 85.8 Å². The van der Waals surface area contributed by atoms with Crippen LogP contribution in [-0.4, -0.2) is 69.8 Å². The van der Waals surface area contributed by atoms with E-state index in [9.17, 15) is 8.42 Å². The molecule has 1 heterocycles. The highest BCUT2D eigenvalue weighted by molar-refractivity contribution is 14.0. The third-order valence-corrected chi connectivity index (χ3v) is 5.43. The van der Waals surface area contributed by atoms with Crippen molar-refractivity contribution in [3.63, 3.8) is 0 Å². The Morgan fingerprint density at radius 3 is 2.38 bits per heavy atom. The predicted octanol–water partition coefficient (Wildman–Crippen LogP) is 0.972. The van der Waals surface area contributed by atoms with Gasteiger partial charge >= 0.3 is 0 Å². The van der Waals surface area contributed by atoms with Crippen molar-refractivity contribution < 1.29 is 8.42 Å². The number of halogens is 1. The normalized spacial score (nSPS) is 17.6. The lowest BCUT2D eigenvalue weighted by molar-refractivity contribution is 0.167. The number of likely N-dealkylation sites (tertiary alicyclic amines) is 1. The third kappa shape index (κ3) is 9.38. The Morgan fingerprint density at radius 1 is 1.25 bits per heavy atom. The Kier molecular flexibility index (Phi) is 12.2. The van der Waals surface area contributed by atoms with Crippen LogP contribution in [0.4, 0.5) is 0 Å². The zero-order chi connectivity index (χ0) is 17.3. The van der Waals surface area contributed by atoms with Gasteiger partial charge in [-0.1, -0.05) is 0 Å². The van der Waals surface area contributed by atoms with Gasteiger partial charge in [0.05, 0.1) is 12.3 Å². The average molecular weight is 475 g/mol. The SMILES string of the molecule is CCNC(=NCCNS(=O)(=O)CC)NC1CCN(C(C)C)CC1.I. The van der Waals surface area contributed by atoms with Gasteiger partial charge < -0.3 is 15.5 Å². The number of piperidine rings is 1. The molecule has 0 atom stereocenters. The molecule has 0 spiro atoms. The highest BCUT2D eigenvalue weighted by Crippen LogP contribution is 2.12. The Balaban J connectivity index is 0.00000529. The molecule has 1 saturated heterocycles. The van der Waals surface area contributed by atoms with Crippen molar-refractivity contribution in [1.82, 2.24) is 20.3 Å². The second kappa shape index (κ2) is 12.3. The Labute approximate surface area is 164 Å². The highest BCUT2D eigenvalue weighted by atomic mass is 127. The second-order valence-corrected chi connectivity index (χ2v) is 8.20. The molecular weight excluding hydrogens is 441 g/mol. The van der Waals surface area contributed by atoms with E-state index in [-0.39, 0.29) is 29.7 Å². The maximum Gasteiger partial charge on any atom is 0.211 e. The molecule has 144 valence electrons. The lowest BCUT2D eigenvalue weighted by atomic mass is 10.0. The summed E-state index contributed by atoms with van der Waals surface area (Å²) >= 11 is 0. The summed E-state index contributed by atoms with van der Waals surface area (Å²) in [5.41, 5.74) is 0. The molecule has 9 heteroatoms. The summed E-state index contributed by atoms with van der Waals surface area (Å²) in [7, 11) is -3.14. The van der Waals surface area contributed by atoms with Crippen molar-refractivity contribution in [1.29, 1.82) is 0 Å². The van der Waals surface area contributed by atoms with Crippen molar-refractivity contribution in [3.8, 4) is 0 Å². The van der Waals surface area contributed by atoms with Crippen molar-refractivity contribution in [2.45, 2.75) is 52.6 Å². The Bertz CT molecular complexity index is 462. The minimum Gasteiger partial charge on any atom is -0.357 e. The molecule has 0 aliphatic carbocycles. The van der Waals surface area contributed by atoms with Gasteiger partial charge in [-0.3, -0.25) is 4.99 Å². The fraction of sp³-hybridized carbons (Fsp3) is 0.933. The molecule has 1 aliphatic rings. The fourth-order valence-corrected chi connectivity index (χ4v) is 3.15. The van der Waals surface area contributed by atoms with Crippen LogP contribution in [-0.2, 0) is 10.0 Å². The lowest BCUT2D eigenvalue weighted by Gasteiger charge is -2.35. The van der Waals surface area contributed by atoms with Gasteiger partial charge in [-0.15, -0.1) is 24.0 Å². The van der Waals surface area contributed by atoms with Crippen LogP contribution >= 0.6 is 24.0 Å². The van der Waals surface area contributed by atoms with Crippen molar-refractivity contribution in [3.05, 3.63) is 0 Å². The molecule has 0 saturated carbocycles. The molecular formula is C15H34IN5O2S. The van der Waals surface area contributed by atoms with Crippen LogP contribution in [0.2, 0.25) is 0 Å². The molecule has 0 aromatic carbocycles. The average Bonchev–Trinajstić information content (AvgIpc) is 2.52. The maximum atomic E-state index is 11.4. The Morgan fingerprint density at radius 2 is 1.88 bits per heavy atom. The van der Waals surface area contributed by atoms with Gasteiger partial charge in [-0.05, 0) is 40.5 Å². The Hall–Kier alpha value is -0.130. The molecule has 1 aliphatic heterocycles. The van der Waals surface area contributed by atoms with Crippen LogP contribution in [0.15, 0.2) is 4.99 Å². The monoisotopic (exact) mass is 475 g/mol. The summed E-state index contributed by atoms with van der Waals surface area (Å²) in [5, 5.41) is 6.69. The number of hydrogen-bond acceptors (Lipinski definition) is 4. The summed E-state index contributed by atoms with van der Waals surface area (Å²) in [6.45, 7) is 11.9. The third-order valence-electron chi connectivity index (χ3n) is 4.03. The molecule has 3 N–H and O–H groups in total. The van der Waals surface area contributed by atoms with Crippen molar-refractivity contribution in [2.24, 2.45) is 4.99 Å². The van der Waals surface area contributed by atoms with E-state index in [0.29, 0.717) is 25.2 Å². The summed E-state index contributed by atoms with van der Waals surface area (Å²) in [4.78, 5) is 6.94. The van der Waals surface area contributed by atoms with Crippen LogP contribution in [0, 0.1) is 0 Å². The van der Waals surface area contributed by atoms with Crippen LogP contribution < -0.4 is 15.4 Å². The number of guanidine groups is 1. The highest BCUT2D eigenvalue weighted by Gasteiger charge is 2.21. The molecule has 1 fully saturated rings. The van der Waals surface area contributed by atoms with E-state index in [1.165, 1.54) is 0 Å². The molecule has 7 nitrogen and oxygen atoms in total. The fourth-order valence-electron chi connectivity index (χ4n) is 2.54. The van der Waals surface area contributed by atoms with E-state index < -0.39 is 10.0 Å². The molecule has 0 aromatic heterocycles. The van der Waals surface area contributed by atoms with Gasteiger partial charge in [0.25, 0.3) is 0 Å². The molecule has 0 amide bonds. The number of sulfonamides is 1. The summed E-state index contributed by atoms with van der Waals surface area (Å²) in [5.74, 6) is 0.870. The van der Waals surface area contributed by atoms with E-state index in [1.54, 1.807) is 6.92 Å². The van der Waals surface area contributed by atoms with Crippen LogP contribution in [0.1, 0.15) is 40.5 Å². The molecule has 0 radical (unpaired) electrons. The minimum atomic E-state index is -3.14. The quantitative estimate of drug-likeness (QED) is 0.211. The predicted molar refractivity (Wildman–Crippen MR) is 112 cm³/mol. The van der Waals surface area contributed by atoms with Gasteiger partial charge in [0.2, 0.25) is 10.0 Å². The zero-order valence-corrected chi connectivity index (χ0v) is 18.5. The number of rotatable bonds is 8. The smallest absolute Gasteiger partial charge is 0.211 e. The van der Waals surface area contributed by atoms with Gasteiger partial charge in [-0.25, -0.2) is 13.1 Å². The molecule has 0 aromatic rings. The first-order valence-electron chi connectivity index (χ1n) is 8.64. The van der Waals surface area contributed by atoms with Crippen molar-refractivity contribution in [2.75, 3.05) is 38.5 Å². The van der Waals surface area contributed by atoms with Gasteiger partial charge in [0.15, 0.2) is 5.96 Å². The summed E-state index contributed by atoms with van der Waals surface area (Å²) in [6, 6.07) is 1.03. The number of nitrogens with one attached hydrogen (secondary N) is 3. The van der Waals surface area contributed by atoms with Crippen LogP contribution in [0.3, 0.4) is 0 Å². The van der Waals surface area contributed by atoms with Gasteiger partial charge in [0.1, 0.15) is 0 Å². The maximum absolute atomic E-state index is 11.4. The van der Waals surface area contributed by atoms with Crippen molar-refractivity contribution >= 4 is 40.0 Å². The molecule has 1 rings (SSSR count). The van der Waals surface area contributed by atoms with E-state index >= 15 is 0 Å². The number of aliphatic imine (C=N–C) groups is 1.